The summed E-state index contributed by atoms with van der Waals surface area (Å²) in [5.74, 6) is 0.336. The van der Waals surface area contributed by atoms with Crippen LogP contribution in [0.1, 0.15) is 57.9 Å². The van der Waals surface area contributed by atoms with Crippen LogP contribution in [0.25, 0.3) is 0 Å². The molecule has 170 valence electrons. The number of carbonyl (C=O) groups is 2. The van der Waals surface area contributed by atoms with E-state index in [0.29, 0.717) is 0 Å². The molecule has 0 heterocycles. The summed E-state index contributed by atoms with van der Waals surface area (Å²) < 4.78 is 18.9. The Morgan fingerprint density at radius 3 is 2.07 bits per heavy atom. The summed E-state index contributed by atoms with van der Waals surface area (Å²) in [6.45, 7) is 3.75. The van der Waals surface area contributed by atoms with Gasteiger partial charge in [0.2, 0.25) is 5.55 Å². The Bertz CT molecular complexity index is 659. The Morgan fingerprint density at radius 1 is 1.00 bits per heavy atom. The first-order chi connectivity index (χ1) is 14.4. The van der Waals surface area contributed by atoms with Crippen LogP contribution in [0.2, 0.25) is 0 Å². The van der Waals surface area contributed by atoms with Crippen LogP contribution >= 0.6 is 28.3 Å². The zero-order valence-corrected chi connectivity index (χ0v) is 20.5. The second kappa shape index (κ2) is 15.7. The predicted molar refractivity (Wildman–Crippen MR) is 127 cm³/mol. The molecule has 0 aromatic heterocycles. The summed E-state index contributed by atoms with van der Waals surface area (Å²) in [5, 5.41) is 9.25. The third-order valence-electron chi connectivity index (χ3n) is 4.21. The lowest BCUT2D eigenvalue weighted by Gasteiger charge is -2.25. The number of carboxylic acids is 1. The largest absolute Gasteiger partial charge is 0.480 e. The molecule has 0 unspecified atom stereocenters. The molecule has 0 radical (unpaired) electrons. The summed E-state index contributed by atoms with van der Waals surface area (Å²) in [5.41, 5.74) is -2.05. The number of carbonyl (C=O) groups excluding carboxylic acids is 1. The van der Waals surface area contributed by atoms with Crippen molar-refractivity contribution >= 4 is 40.4 Å². The van der Waals surface area contributed by atoms with Gasteiger partial charge in [-0.1, -0.05) is 92.6 Å². The zero-order chi connectivity index (χ0) is 22.2. The topological polar surface area (TPSA) is 83.9 Å². The minimum absolute atomic E-state index is 0.0490. The van der Waals surface area contributed by atoms with Gasteiger partial charge < -0.3 is 9.84 Å². The van der Waals surface area contributed by atoms with Gasteiger partial charge in [-0.3, -0.25) is 14.3 Å². The summed E-state index contributed by atoms with van der Waals surface area (Å²) in [7, 11) is 0. The number of benzene rings is 1. The Kier molecular flexibility index (Phi) is 14.1. The van der Waals surface area contributed by atoms with Crippen molar-refractivity contribution in [2.24, 2.45) is 0 Å². The number of amides is 1. The fourth-order valence-electron chi connectivity index (χ4n) is 2.59. The van der Waals surface area contributed by atoms with Crippen LogP contribution in [0.3, 0.4) is 0 Å². The molecule has 0 saturated heterocycles. The third-order valence-corrected chi connectivity index (χ3v) is 12.7. The predicted octanol–water partition coefficient (Wildman–Crippen LogP) is 6.71. The van der Waals surface area contributed by atoms with Gasteiger partial charge in [-0.2, -0.15) is 0 Å². The van der Waals surface area contributed by atoms with Crippen molar-refractivity contribution in [3.63, 3.8) is 0 Å². The fraction of sp³-hybridized carbons (Fsp3) is 0.619. The summed E-state index contributed by atoms with van der Waals surface area (Å²) in [6.07, 6.45) is 5.34. The maximum Gasteiger partial charge on any atom is 0.411 e. The van der Waals surface area contributed by atoms with E-state index < -0.39 is 24.2 Å². The molecule has 0 aliphatic rings. The van der Waals surface area contributed by atoms with Gasteiger partial charge in [0.05, 0.1) is 6.29 Å². The molecular formula is C21H34NO5PS2. The van der Waals surface area contributed by atoms with Crippen LogP contribution in [0.4, 0.5) is 4.79 Å². The Labute approximate surface area is 188 Å². The number of ether oxygens (including phenoxy) is 1. The molecule has 0 bridgehead atoms. The standard InChI is InChI=1S/C21H34NO5PS2/c1-3-5-10-14-29-28(26,30-15-11-6-4-2)18-22(16-20(23)24)21(25)27-17-19-12-8-7-9-13-19/h7-9,12-13H,3-6,10-11,14-18H2,1-2H3,(H,23,24). The summed E-state index contributed by atoms with van der Waals surface area (Å²) in [4.78, 5) is 25.0. The smallest absolute Gasteiger partial charge is 0.411 e. The molecular weight excluding hydrogens is 441 g/mol. The van der Waals surface area contributed by atoms with Crippen molar-refractivity contribution in [2.75, 3.05) is 24.3 Å². The Morgan fingerprint density at radius 2 is 1.57 bits per heavy atom. The average molecular weight is 476 g/mol. The van der Waals surface area contributed by atoms with Crippen molar-refractivity contribution in [2.45, 2.75) is 59.0 Å². The highest BCUT2D eigenvalue weighted by Crippen LogP contribution is 2.69. The van der Waals surface area contributed by atoms with Crippen molar-refractivity contribution < 1.29 is 24.0 Å². The molecule has 1 N–H and O–H groups in total. The highest BCUT2D eigenvalue weighted by atomic mass is 33.1. The second-order valence-corrected chi connectivity index (χ2v) is 15.6. The van der Waals surface area contributed by atoms with Gasteiger partial charge >= 0.3 is 12.1 Å². The van der Waals surface area contributed by atoms with E-state index in [1.165, 1.54) is 22.8 Å². The number of hydrogen-bond donors (Lipinski definition) is 1. The Hall–Kier alpha value is -1.11. The highest BCUT2D eigenvalue weighted by Gasteiger charge is 2.31. The van der Waals surface area contributed by atoms with Gasteiger partial charge in [0.1, 0.15) is 13.2 Å². The van der Waals surface area contributed by atoms with Gasteiger partial charge in [-0.05, 0) is 18.4 Å². The molecule has 0 atom stereocenters. The molecule has 0 spiro atoms. The third kappa shape index (κ3) is 11.9. The number of rotatable bonds is 16. The first kappa shape index (κ1) is 26.9. The number of carboxylic acid groups (broad SMARTS) is 1. The van der Waals surface area contributed by atoms with Crippen LogP contribution in [0.5, 0.6) is 0 Å². The molecule has 0 aliphatic heterocycles. The van der Waals surface area contributed by atoms with Gasteiger partial charge in [0, 0.05) is 11.5 Å². The van der Waals surface area contributed by atoms with E-state index in [2.05, 4.69) is 13.8 Å². The molecule has 1 amide bonds. The molecule has 0 aliphatic carbocycles. The minimum atomic E-state index is -2.87. The lowest BCUT2D eigenvalue weighted by atomic mass is 10.2. The number of aliphatic carboxylic acids is 1. The fourth-order valence-corrected chi connectivity index (χ4v) is 10.7. The molecule has 0 saturated carbocycles. The van der Waals surface area contributed by atoms with E-state index in [-0.39, 0.29) is 12.9 Å². The average Bonchev–Trinajstić information content (AvgIpc) is 2.73. The second-order valence-electron chi connectivity index (χ2n) is 6.96. The van der Waals surface area contributed by atoms with Crippen molar-refractivity contribution in [1.82, 2.24) is 4.90 Å². The van der Waals surface area contributed by atoms with Crippen LogP contribution < -0.4 is 0 Å². The monoisotopic (exact) mass is 475 g/mol. The van der Waals surface area contributed by atoms with E-state index >= 15 is 0 Å². The molecule has 9 heteroatoms. The molecule has 1 rings (SSSR count). The van der Waals surface area contributed by atoms with Crippen molar-refractivity contribution in [3.05, 3.63) is 35.9 Å². The first-order valence-corrected chi connectivity index (χ1v) is 15.5. The minimum Gasteiger partial charge on any atom is -0.480 e. The molecule has 6 nitrogen and oxygen atoms in total. The van der Waals surface area contributed by atoms with Crippen LogP contribution in [0.15, 0.2) is 30.3 Å². The van der Waals surface area contributed by atoms with Crippen LogP contribution in [-0.4, -0.2) is 46.4 Å². The van der Waals surface area contributed by atoms with Crippen molar-refractivity contribution in [1.29, 1.82) is 0 Å². The number of unbranched alkanes of at least 4 members (excludes halogenated alkanes) is 4. The normalized spacial score (nSPS) is 11.3. The van der Waals surface area contributed by atoms with E-state index in [0.717, 1.165) is 60.5 Å². The summed E-state index contributed by atoms with van der Waals surface area (Å²) >= 11 is 2.77. The van der Waals surface area contributed by atoms with Crippen LogP contribution in [-0.2, 0) is 20.7 Å². The van der Waals surface area contributed by atoms with E-state index in [1.54, 1.807) is 0 Å². The number of hydrogen-bond acceptors (Lipinski definition) is 6. The lowest BCUT2D eigenvalue weighted by molar-refractivity contribution is -0.137. The van der Waals surface area contributed by atoms with Crippen molar-refractivity contribution in [3.8, 4) is 0 Å². The van der Waals surface area contributed by atoms with E-state index in [4.69, 9.17) is 4.74 Å². The SMILES string of the molecule is CCCCCSP(=O)(CN(CC(=O)O)C(=O)OCc1ccccc1)SCCCCC. The lowest BCUT2D eigenvalue weighted by Crippen LogP contribution is -2.36. The van der Waals surface area contributed by atoms with Gasteiger partial charge in [-0.25, -0.2) is 4.79 Å². The highest BCUT2D eigenvalue weighted by molar-refractivity contribution is 8.90. The molecule has 0 fully saturated rings. The van der Waals surface area contributed by atoms with E-state index in [9.17, 15) is 19.3 Å². The van der Waals surface area contributed by atoms with Gasteiger partial charge in [-0.15, -0.1) is 0 Å². The van der Waals surface area contributed by atoms with Gasteiger partial charge in [0.15, 0.2) is 0 Å². The molecule has 30 heavy (non-hydrogen) atoms. The maximum absolute atomic E-state index is 13.6. The van der Waals surface area contributed by atoms with Gasteiger partial charge in [0.25, 0.3) is 0 Å². The first-order valence-electron chi connectivity index (χ1n) is 10.5. The molecule has 1 aromatic carbocycles. The van der Waals surface area contributed by atoms with E-state index in [1.807, 2.05) is 30.3 Å². The number of nitrogens with zero attached hydrogens (tertiary/aromatic N) is 1. The Balaban J connectivity index is 2.79. The zero-order valence-electron chi connectivity index (χ0n) is 18.0. The molecule has 1 aromatic rings. The van der Waals surface area contributed by atoms with Crippen LogP contribution in [0, 0.1) is 0 Å². The summed E-state index contributed by atoms with van der Waals surface area (Å²) in [6, 6.07) is 9.20. The maximum atomic E-state index is 13.6. The quantitative estimate of drug-likeness (QED) is 0.210.